The van der Waals surface area contributed by atoms with Crippen LogP contribution in [-0.4, -0.2) is 42.6 Å². The Balaban J connectivity index is 2.51. The summed E-state index contributed by atoms with van der Waals surface area (Å²) < 4.78 is 25.2. The number of hydrogen-bond donors (Lipinski definition) is 2. The van der Waals surface area contributed by atoms with Crippen LogP contribution in [0.4, 0.5) is 0 Å². The standard InChI is InChI=1S/C9H19N3O3S/c1-2-12(6-5-9(10)11-13)16(14,15)7-8-3-4-8/h8,13H,2-7H2,1H3,(H2,10,11). The normalized spacial score (nSPS) is 18.0. The van der Waals surface area contributed by atoms with Crippen LogP contribution in [0.2, 0.25) is 0 Å². The summed E-state index contributed by atoms with van der Waals surface area (Å²) >= 11 is 0. The van der Waals surface area contributed by atoms with Crippen LogP contribution in [0, 0.1) is 5.92 Å². The summed E-state index contributed by atoms with van der Waals surface area (Å²) in [5.41, 5.74) is 5.31. The van der Waals surface area contributed by atoms with Crippen molar-refractivity contribution in [3.63, 3.8) is 0 Å². The lowest BCUT2D eigenvalue weighted by atomic mass is 10.4. The number of rotatable bonds is 7. The lowest BCUT2D eigenvalue weighted by Crippen LogP contribution is -2.36. The molecule has 16 heavy (non-hydrogen) atoms. The molecule has 0 bridgehead atoms. The molecule has 0 atom stereocenters. The molecule has 0 aromatic carbocycles. The Morgan fingerprint density at radius 3 is 2.62 bits per heavy atom. The van der Waals surface area contributed by atoms with Gasteiger partial charge in [0.15, 0.2) is 0 Å². The van der Waals surface area contributed by atoms with Crippen LogP contribution in [-0.2, 0) is 10.0 Å². The summed E-state index contributed by atoms with van der Waals surface area (Å²) in [6, 6.07) is 0. The zero-order valence-electron chi connectivity index (χ0n) is 9.46. The van der Waals surface area contributed by atoms with Crippen LogP contribution >= 0.6 is 0 Å². The molecule has 1 saturated carbocycles. The summed E-state index contributed by atoms with van der Waals surface area (Å²) in [5.74, 6) is 0.625. The Morgan fingerprint density at radius 2 is 2.19 bits per heavy atom. The van der Waals surface area contributed by atoms with Gasteiger partial charge in [0.25, 0.3) is 0 Å². The maximum absolute atomic E-state index is 11.9. The molecule has 1 aliphatic carbocycles. The van der Waals surface area contributed by atoms with E-state index in [0.29, 0.717) is 12.5 Å². The molecule has 1 aliphatic rings. The molecule has 0 radical (unpaired) electrons. The minimum Gasteiger partial charge on any atom is -0.409 e. The molecule has 1 rings (SSSR count). The summed E-state index contributed by atoms with van der Waals surface area (Å²) in [5, 5.41) is 11.2. The van der Waals surface area contributed by atoms with Gasteiger partial charge in [-0.05, 0) is 18.8 Å². The maximum Gasteiger partial charge on any atom is 0.214 e. The molecular formula is C9H19N3O3S. The lowest BCUT2D eigenvalue weighted by molar-refractivity contribution is 0.315. The van der Waals surface area contributed by atoms with E-state index in [1.54, 1.807) is 6.92 Å². The van der Waals surface area contributed by atoms with Crippen molar-refractivity contribution in [3.8, 4) is 0 Å². The van der Waals surface area contributed by atoms with Crippen LogP contribution in [0.1, 0.15) is 26.2 Å². The van der Waals surface area contributed by atoms with Gasteiger partial charge in [0.05, 0.1) is 5.75 Å². The third kappa shape index (κ3) is 3.97. The number of hydrogen-bond acceptors (Lipinski definition) is 4. The van der Waals surface area contributed by atoms with Crippen molar-refractivity contribution in [1.82, 2.24) is 4.31 Å². The summed E-state index contributed by atoms with van der Waals surface area (Å²) in [4.78, 5) is 0. The predicted octanol–water partition coefficient (Wildman–Crippen LogP) is 0.185. The van der Waals surface area contributed by atoms with Crippen molar-refractivity contribution >= 4 is 15.9 Å². The highest BCUT2D eigenvalue weighted by Gasteiger charge is 2.31. The molecule has 0 heterocycles. The van der Waals surface area contributed by atoms with Gasteiger partial charge in [0.2, 0.25) is 10.0 Å². The van der Waals surface area contributed by atoms with Crippen molar-refractivity contribution in [2.75, 3.05) is 18.8 Å². The molecule has 3 N–H and O–H groups in total. The molecule has 0 aromatic rings. The second-order valence-corrected chi connectivity index (χ2v) is 6.07. The Labute approximate surface area is 96.2 Å². The minimum absolute atomic E-state index is 0.0556. The Kier molecular flexibility index (Phi) is 4.55. The van der Waals surface area contributed by atoms with Crippen LogP contribution < -0.4 is 5.73 Å². The zero-order chi connectivity index (χ0) is 12.2. The van der Waals surface area contributed by atoms with E-state index < -0.39 is 10.0 Å². The first-order chi connectivity index (χ1) is 7.49. The average Bonchev–Trinajstić information content (AvgIpc) is 3.01. The number of oxime groups is 1. The number of sulfonamides is 1. The molecule has 0 aliphatic heterocycles. The molecule has 1 fully saturated rings. The SMILES string of the molecule is CCN(CCC(N)=NO)S(=O)(=O)CC1CC1. The third-order valence-corrected chi connectivity index (χ3v) is 4.76. The molecule has 0 spiro atoms. The highest BCUT2D eigenvalue weighted by atomic mass is 32.2. The number of nitrogens with zero attached hydrogens (tertiary/aromatic N) is 2. The Hall–Kier alpha value is -0.820. The number of nitrogens with two attached hydrogens (primary N) is 1. The number of amidine groups is 1. The fourth-order valence-electron chi connectivity index (χ4n) is 1.47. The van der Waals surface area contributed by atoms with E-state index in [4.69, 9.17) is 10.9 Å². The molecule has 94 valence electrons. The molecule has 0 aromatic heterocycles. The van der Waals surface area contributed by atoms with Gasteiger partial charge in [0.1, 0.15) is 5.84 Å². The van der Waals surface area contributed by atoms with Gasteiger partial charge in [-0.2, -0.15) is 0 Å². The van der Waals surface area contributed by atoms with E-state index in [1.807, 2.05) is 0 Å². The second-order valence-electron chi connectivity index (χ2n) is 4.05. The first-order valence-corrected chi connectivity index (χ1v) is 7.04. The first-order valence-electron chi connectivity index (χ1n) is 5.43. The summed E-state index contributed by atoms with van der Waals surface area (Å²) in [6.45, 7) is 2.49. The van der Waals surface area contributed by atoms with Gasteiger partial charge in [-0.15, -0.1) is 0 Å². The molecule has 7 heteroatoms. The van der Waals surface area contributed by atoms with Crippen molar-refractivity contribution < 1.29 is 13.6 Å². The zero-order valence-corrected chi connectivity index (χ0v) is 10.3. The lowest BCUT2D eigenvalue weighted by Gasteiger charge is -2.19. The second kappa shape index (κ2) is 5.49. The van der Waals surface area contributed by atoms with Gasteiger partial charge < -0.3 is 10.9 Å². The summed E-state index contributed by atoms with van der Waals surface area (Å²) in [6.07, 6.45) is 2.28. The van der Waals surface area contributed by atoms with Crippen molar-refractivity contribution in [2.24, 2.45) is 16.8 Å². The fraction of sp³-hybridized carbons (Fsp3) is 0.889. The van der Waals surface area contributed by atoms with E-state index in [0.717, 1.165) is 12.8 Å². The monoisotopic (exact) mass is 249 g/mol. The average molecular weight is 249 g/mol. The van der Waals surface area contributed by atoms with E-state index >= 15 is 0 Å². The molecule has 6 nitrogen and oxygen atoms in total. The van der Waals surface area contributed by atoms with Gasteiger partial charge in [-0.25, -0.2) is 12.7 Å². The predicted molar refractivity (Wildman–Crippen MR) is 61.8 cm³/mol. The van der Waals surface area contributed by atoms with Crippen molar-refractivity contribution in [2.45, 2.75) is 26.2 Å². The van der Waals surface area contributed by atoms with Crippen LogP contribution in [0.3, 0.4) is 0 Å². The largest absolute Gasteiger partial charge is 0.409 e. The quantitative estimate of drug-likeness (QED) is 0.291. The van der Waals surface area contributed by atoms with Crippen molar-refractivity contribution in [1.29, 1.82) is 0 Å². The summed E-state index contributed by atoms with van der Waals surface area (Å²) in [7, 11) is -3.17. The Morgan fingerprint density at radius 1 is 1.56 bits per heavy atom. The van der Waals surface area contributed by atoms with Gasteiger partial charge in [-0.1, -0.05) is 12.1 Å². The van der Waals surface area contributed by atoms with Crippen LogP contribution in [0.5, 0.6) is 0 Å². The van der Waals surface area contributed by atoms with Gasteiger partial charge in [0, 0.05) is 19.5 Å². The molecule has 0 amide bonds. The van der Waals surface area contributed by atoms with Gasteiger partial charge >= 0.3 is 0 Å². The topological polar surface area (TPSA) is 96.0 Å². The Bertz CT molecular complexity index is 349. The van der Waals surface area contributed by atoms with E-state index in [2.05, 4.69) is 5.16 Å². The first kappa shape index (κ1) is 13.2. The van der Waals surface area contributed by atoms with Crippen molar-refractivity contribution in [3.05, 3.63) is 0 Å². The smallest absolute Gasteiger partial charge is 0.214 e. The third-order valence-electron chi connectivity index (χ3n) is 2.64. The minimum atomic E-state index is -3.17. The highest BCUT2D eigenvalue weighted by Crippen LogP contribution is 2.31. The fourth-order valence-corrected chi connectivity index (χ4v) is 3.37. The highest BCUT2D eigenvalue weighted by molar-refractivity contribution is 7.89. The van der Waals surface area contributed by atoms with Crippen LogP contribution in [0.15, 0.2) is 5.16 Å². The van der Waals surface area contributed by atoms with E-state index in [1.165, 1.54) is 4.31 Å². The molecule has 0 saturated heterocycles. The van der Waals surface area contributed by atoms with Gasteiger partial charge in [-0.3, -0.25) is 0 Å². The molecule has 0 unspecified atom stereocenters. The van der Waals surface area contributed by atoms with E-state index in [-0.39, 0.29) is 24.6 Å². The van der Waals surface area contributed by atoms with E-state index in [9.17, 15) is 8.42 Å². The van der Waals surface area contributed by atoms with Crippen LogP contribution in [0.25, 0.3) is 0 Å². The maximum atomic E-state index is 11.9. The molecular weight excluding hydrogens is 230 g/mol.